The fraction of sp³-hybridized carbons (Fsp3) is 0.889. The Morgan fingerprint density at radius 2 is 1.91 bits per heavy atom. The van der Waals surface area contributed by atoms with E-state index in [0.717, 1.165) is 31.1 Å². The van der Waals surface area contributed by atoms with Crippen LogP contribution in [0.1, 0.15) is 19.3 Å². The van der Waals surface area contributed by atoms with Gasteiger partial charge in [0.05, 0.1) is 0 Å². The number of piperidine rings is 2. The predicted octanol–water partition coefficient (Wildman–Crippen LogP) is 0.917. The third-order valence-electron chi connectivity index (χ3n) is 2.93. The molecule has 0 N–H and O–H groups in total. The van der Waals surface area contributed by atoms with Gasteiger partial charge in [-0.1, -0.05) is 0 Å². The molecule has 0 aromatic carbocycles. The monoisotopic (exact) mass is 153 g/mol. The van der Waals surface area contributed by atoms with Gasteiger partial charge in [-0.15, -0.1) is 0 Å². The molecule has 0 aromatic heterocycles. The topological polar surface area (TPSA) is 20.3 Å². The maximum Gasteiger partial charge on any atom is 0.121 e. The van der Waals surface area contributed by atoms with Crippen molar-refractivity contribution in [1.29, 1.82) is 0 Å². The fourth-order valence-electron chi connectivity index (χ4n) is 2.39. The van der Waals surface area contributed by atoms with Crippen molar-refractivity contribution in [3.8, 4) is 0 Å². The Morgan fingerprint density at radius 1 is 1.27 bits per heavy atom. The van der Waals surface area contributed by atoms with Crippen LogP contribution in [0, 0.1) is 11.8 Å². The molecule has 2 heteroatoms. The van der Waals surface area contributed by atoms with Gasteiger partial charge in [0.25, 0.3) is 0 Å². The molecule has 1 aliphatic carbocycles. The number of nitrogens with zero attached hydrogens (tertiary/aromatic N) is 1. The van der Waals surface area contributed by atoms with Crippen LogP contribution < -0.4 is 0 Å². The molecule has 0 radical (unpaired) electrons. The lowest BCUT2D eigenvalue weighted by molar-refractivity contribution is -0.108. The minimum absolute atomic E-state index is 0.722. The van der Waals surface area contributed by atoms with Crippen molar-refractivity contribution in [3.63, 3.8) is 0 Å². The van der Waals surface area contributed by atoms with Gasteiger partial charge >= 0.3 is 0 Å². The Labute approximate surface area is 67.6 Å². The highest BCUT2D eigenvalue weighted by molar-refractivity contribution is 5.49. The van der Waals surface area contributed by atoms with E-state index in [0.29, 0.717) is 0 Å². The Kier molecular flexibility index (Phi) is 1.95. The summed E-state index contributed by atoms with van der Waals surface area (Å²) in [4.78, 5) is 12.6. The molecule has 0 aromatic rings. The Morgan fingerprint density at radius 3 is 2.45 bits per heavy atom. The molecule has 62 valence electrons. The van der Waals surface area contributed by atoms with Crippen LogP contribution in [0.2, 0.25) is 0 Å². The van der Waals surface area contributed by atoms with Gasteiger partial charge in [0.15, 0.2) is 0 Å². The van der Waals surface area contributed by atoms with Crippen molar-refractivity contribution in [3.05, 3.63) is 0 Å². The zero-order valence-electron chi connectivity index (χ0n) is 6.83. The van der Waals surface area contributed by atoms with Gasteiger partial charge in [0.1, 0.15) is 6.29 Å². The highest BCUT2D eigenvalue weighted by atomic mass is 16.1. The number of rotatable bonds is 3. The average Bonchev–Trinajstić information content (AvgIpc) is 2.00. The first-order chi connectivity index (χ1) is 5.38. The lowest BCUT2D eigenvalue weighted by Gasteiger charge is -2.47. The van der Waals surface area contributed by atoms with Gasteiger partial charge in [0.2, 0.25) is 0 Å². The molecule has 2 saturated heterocycles. The second-order valence-electron chi connectivity index (χ2n) is 3.92. The molecule has 2 bridgehead atoms. The fourth-order valence-corrected chi connectivity index (χ4v) is 2.39. The van der Waals surface area contributed by atoms with Crippen LogP contribution in [-0.4, -0.2) is 30.8 Å². The van der Waals surface area contributed by atoms with Gasteiger partial charge in [-0.05, 0) is 24.7 Å². The number of hydrogen-bond donors (Lipinski definition) is 0. The lowest BCUT2D eigenvalue weighted by atomic mass is 9.71. The number of carbonyl (C=O) groups excluding carboxylic acids is 1. The molecule has 11 heavy (non-hydrogen) atoms. The second-order valence-corrected chi connectivity index (χ2v) is 3.92. The maximum atomic E-state index is 10.1. The lowest BCUT2D eigenvalue weighted by Crippen LogP contribution is -2.48. The van der Waals surface area contributed by atoms with Crippen molar-refractivity contribution in [2.45, 2.75) is 19.3 Å². The molecule has 1 saturated carbocycles. The quantitative estimate of drug-likeness (QED) is 0.562. The van der Waals surface area contributed by atoms with Crippen molar-refractivity contribution < 1.29 is 4.79 Å². The van der Waals surface area contributed by atoms with Crippen molar-refractivity contribution in [1.82, 2.24) is 4.90 Å². The van der Waals surface area contributed by atoms with Gasteiger partial charge < -0.3 is 9.69 Å². The van der Waals surface area contributed by atoms with E-state index in [4.69, 9.17) is 0 Å². The highest BCUT2D eigenvalue weighted by Crippen LogP contribution is 2.39. The van der Waals surface area contributed by atoms with Crippen LogP contribution in [0.4, 0.5) is 0 Å². The molecule has 3 aliphatic rings. The largest absolute Gasteiger partial charge is 0.303 e. The first kappa shape index (κ1) is 7.29. The molecule has 0 atom stereocenters. The van der Waals surface area contributed by atoms with Gasteiger partial charge in [-0.2, -0.15) is 0 Å². The molecule has 2 aliphatic heterocycles. The summed E-state index contributed by atoms with van der Waals surface area (Å²) < 4.78 is 0. The molecule has 0 spiro atoms. The van der Waals surface area contributed by atoms with Gasteiger partial charge in [-0.25, -0.2) is 0 Å². The number of fused-ring (bicyclic) bond motifs is 2. The molecular weight excluding hydrogens is 138 g/mol. The summed E-state index contributed by atoms with van der Waals surface area (Å²) in [5.41, 5.74) is 0. The van der Waals surface area contributed by atoms with Crippen LogP contribution in [-0.2, 0) is 4.79 Å². The summed E-state index contributed by atoms with van der Waals surface area (Å²) in [6.07, 6.45) is 4.66. The van der Waals surface area contributed by atoms with Crippen molar-refractivity contribution in [2.24, 2.45) is 11.8 Å². The Hall–Kier alpha value is -0.370. The Bertz CT molecular complexity index is 142. The first-order valence-corrected chi connectivity index (χ1v) is 4.54. The number of carbonyl (C=O) groups is 1. The van der Waals surface area contributed by atoms with E-state index in [1.54, 1.807) is 0 Å². The summed E-state index contributed by atoms with van der Waals surface area (Å²) in [5.74, 6) is 1.95. The van der Waals surface area contributed by atoms with E-state index in [9.17, 15) is 4.79 Å². The smallest absolute Gasteiger partial charge is 0.121 e. The minimum atomic E-state index is 0.722. The summed E-state index contributed by atoms with van der Waals surface area (Å²) in [7, 11) is 0. The third kappa shape index (κ3) is 1.45. The molecule has 3 rings (SSSR count). The van der Waals surface area contributed by atoms with Crippen LogP contribution >= 0.6 is 0 Å². The highest BCUT2D eigenvalue weighted by Gasteiger charge is 2.36. The van der Waals surface area contributed by atoms with E-state index in [1.807, 2.05) is 0 Å². The van der Waals surface area contributed by atoms with E-state index in [2.05, 4.69) is 4.90 Å². The summed E-state index contributed by atoms with van der Waals surface area (Å²) in [6, 6.07) is 0. The first-order valence-electron chi connectivity index (χ1n) is 4.54. The zero-order chi connectivity index (χ0) is 7.68. The van der Waals surface area contributed by atoms with Crippen LogP contribution in [0.25, 0.3) is 0 Å². The molecule has 0 amide bonds. The SMILES string of the molecule is O=CCCN1CC2CC(C2)C1. The van der Waals surface area contributed by atoms with Crippen molar-refractivity contribution >= 4 is 6.29 Å². The molecule has 2 nitrogen and oxygen atoms in total. The average molecular weight is 153 g/mol. The standard InChI is InChI=1S/C9H15NO/c11-3-1-2-10-6-8-4-9(5-8)7-10/h3,8-9H,1-2,4-7H2. The van der Waals surface area contributed by atoms with Crippen molar-refractivity contribution in [2.75, 3.05) is 19.6 Å². The number of aldehydes is 1. The normalized spacial score (nSPS) is 36.4. The molecular formula is C9H15NO. The second kappa shape index (κ2) is 2.94. The van der Waals surface area contributed by atoms with Crippen LogP contribution in [0.5, 0.6) is 0 Å². The summed E-state index contributed by atoms with van der Waals surface area (Å²) >= 11 is 0. The number of hydrogen-bond acceptors (Lipinski definition) is 2. The molecule has 2 heterocycles. The summed E-state index contributed by atoms with van der Waals surface area (Å²) in [5, 5.41) is 0. The van der Waals surface area contributed by atoms with Gasteiger partial charge in [-0.3, -0.25) is 0 Å². The third-order valence-corrected chi connectivity index (χ3v) is 2.93. The van der Waals surface area contributed by atoms with Gasteiger partial charge in [0, 0.05) is 26.1 Å². The van der Waals surface area contributed by atoms with E-state index >= 15 is 0 Å². The van der Waals surface area contributed by atoms with E-state index < -0.39 is 0 Å². The maximum absolute atomic E-state index is 10.1. The van der Waals surface area contributed by atoms with Crippen LogP contribution in [0.15, 0.2) is 0 Å². The molecule has 3 fully saturated rings. The van der Waals surface area contributed by atoms with Crippen LogP contribution in [0.3, 0.4) is 0 Å². The summed E-state index contributed by atoms with van der Waals surface area (Å²) in [6.45, 7) is 3.51. The van der Waals surface area contributed by atoms with E-state index in [1.165, 1.54) is 25.9 Å². The molecule has 0 unspecified atom stereocenters. The van der Waals surface area contributed by atoms with E-state index in [-0.39, 0.29) is 0 Å². The minimum Gasteiger partial charge on any atom is -0.303 e. The zero-order valence-corrected chi connectivity index (χ0v) is 6.83. The predicted molar refractivity (Wildman–Crippen MR) is 43.3 cm³/mol. The Balaban J connectivity index is 1.74.